The van der Waals surface area contributed by atoms with Gasteiger partial charge in [-0.1, -0.05) is 0 Å². The van der Waals surface area contributed by atoms with Gasteiger partial charge in [-0.3, -0.25) is 0 Å². The molecule has 0 spiro atoms. The van der Waals surface area contributed by atoms with Crippen molar-refractivity contribution in [3.63, 3.8) is 0 Å². The molecule has 1 aromatic heterocycles. The van der Waals surface area contributed by atoms with Crippen LogP contribution in [-0.4, -0.2) is 4.98 Å². The average molecular weight is 320 g/mol. The van der Waals surface area contributed by atoms with Gasteiger partial charge in [0.2, 0.25) is 0 Å². The van der Waals surface area contributed by atoms with Crippen LogP contribution in [0.1, 0.15) is 0 Å². The van der Waals surface area contributed by atoms with Gasteiger partial charge in [-0.05, 0) is 0 Å². The second-order valence-corrected chi connectivity index (χ2v) is 3.44. The third kappa shape index (κ3) is 1.20. The van der Waals surface area contributed by atoms with E-state index in [1.807, 2.05) is 43.3 Å². The van der Waals surface area contributed by atoms with E-state index in [0.717, 1.165) is 4.21 Å². The van der Waals surface area contributed by atoms with Gasteiger partial charge in [-0.2, -0.15) is 0 Å². The zero-order chi connectivity index (χ0) is 7.68. The molecule has 2 aromatic rings. The predicted octanol–water partition coefficient (Wildman–Crippen LogP) is 1.41. The number of benzene rings is 1. The van der Waals surface area contributed by atoms with Crippen LogP contribution in [0.4, 0.5) is 0 Å². The number of hydrogen-bond acceptors (Lipinski definition) is 1. The Morgan fingerprint density at radius 1 is 1.09 bits per heavy atom. The van der Waals surface area contributed by atoms with Crippen LogP contribution in [0.3, 0.4) is 0 Å². The SMILES string of the molecule is [Ir][c]1nccc2ccccc12. The van der Waals surface area contributed by atoms with Gasteiger partial charge >= 0.3 is 75.4 Å². The van der Waals surface area contributed by atoms with E-state index in [1.54, 1.807) is 0 Å². The fourth-order valence-electron chi connectivity index (χ4n) is 1.07. The van der Waals surface area contributed by atoms with E-state index in [9.17, 15) is 0 Å². The molecule has 0 radical (unpaired) electrons. The van der Waals surface area contributed by atoms with Crippen molar-refractivity contribution in [2.45, 2.75) is 0 Å². The summed E-state index contributed by atoms with van der Waals surface area (Å²) in [5.74, 6) is 0. The van der Waals surface area contributed by atoms with Gasteiger partial charge in [0.05, 0.1) is 0 Å². The quantitative estimate of drug-likeness (QED) is 0.715. The van der Waals surface area contributed by atoms with Crippen molar-refractivity contribution in [2.75, 3.05) is 0 Å². The molecule has 0 unspecified atom stereocenters. The standard InChI is InChI=1S/C9H6N.Ir/c1-2-4-9-7-10-6-5-8(9)3-1;/h1-6H;. The van der Waals surface area contributed by atoms with Gasteiger partial charge in [-0.25, -0.2) is 0 Å². The van der Waals surface area contributed by atoms with Gasteiger partial charge in [-0.15, -0.1) is 0 Å². The molecular weight excluding hydrogens is 314 g/mol. The molecule has 0 amide bonds. The molecule has 0 aliphatic rings. The van der Waals surface area contributed by atoms with Crippen LogP contribution in [0.15, 0.2) is 36.5 Å². The molecule has 0 N–H and O–H groups in total. The number of hydrogen-bond donors (Lipinski definition) is 0. The summed E-state index contributed by atoms with van der Waals surface area (Å²) in [5.41, 5.74) is 0. The molecule has 56 valence electrons. The van der Waals surface area contributed by atoms with E-state index in [2.05, 4.69) is 17.1 Å². The molecule has 1 nitrogen and oxygen atoms in total. The maximum atomic E-state index is 4.21. The molecule has 0 bridgehead atoms. The Bertz CT molecular complexity index is 379. The Hall–Kier alpha value is -0.721. The number of fused-ring (bicyclic) bond motifs is 1. The third-order valence-electron chi connectivity index (χ3n) is 1.61. The molecule has 0 fully saturated rings. The molecule has 0 atom stereocenters. The molecule has 2 heteroatoms. The van der Waals surface area contributed by atoms with Crippen LogP contribution in [-0.2, 0) is 18.9 Å². The summed E-state index contributed by atoms with van der Waals surface area (Å²) in [4.78, 5) is 4.21. The van der Waals surface area contributed by atoms with E-state index in [4.69, 9.17) is 0 Å². The maximum absolute atomic E-state index is 4.21. The summed E-state index contributed by atoms with van der Waals surface area (Å²) < 4.78 is 1.10. The van der Waals surface area contributed by atoms with Gasteiger partial charge in [0, 0.05) is 0 Å². The molecule has 1 aromatic carbocycles. The monoisotopic (exact) mass is 321 g/mol. The Morgan fingerprint density at radius 3 is 2.73 bits per heavy atom. The van der Waals surface area contributed by atoms with Crippen LogP contribution < -0.4 is 4.21 Å². The van der Waals surface area contributed by atoms with E-state index in [0.29, 0.717) is 0 Å². The summed E-state index contributed by atoms with van der Waals surface area (Å²) in [6, 6.07) is 10.3. The molecule has 11 heavy (non-hydrogen) atoms. The first-order valence-electron chi connectivity index (χ1n) is 3.35. The normalized spacial score (nSPS) is 10.4. The summed E-state index contributed by atoms with van der Waals surface area (Å²) in [5, 5.41) is 2.51. The van der Waals surface area contributed by atoms with E-state index < -0.39 is 0 Å². The van der Waals surface area contributed by atoms with Crippen molar-refractivity contribution in [3.8, 4) is 0 Å². The van der Waals surface area contributed by atoms with Crippen LogP contribution in [0.5, 0.6) is 0 Å². The minimum atomic E-state index is 1.10. The van der Waals surface area contributed by atoms with Crippen LogP contribution in [0.2, 0.25) is 0 Å². The molecule has 0 saturated carbocycles. The first kappa shape index (κ1) is 6.96. The van der Waals surface area contributed by atoms with Crippen LogP contribution >= 0.6 is 0 Å². The second-order valence-electron chi connectivity index (χ2n) is 2.30. The molecule has 1 heterocycles. The van der Waals surface area contributed by atoms with Gasteiger partial charge in [0.15, 0.2) is 0 Å². The van der Waals surface area contributed by atoms with Crippen LogP contribution in [0, 0.1) is 0 Å². The zero-order valence-electron chi connectivity index (χ0n) is 5.74. The summed E-state index contributed by atoms with van der Waals surface area (Å²) >= 11 is 2.03. The minimum absolute atomic E-state index is 1.10. The van der Waals surface area contributed by atoms with Gasteiger partial charge in [0.1, 0.15) is 0 Å². The Balaban J connectivity index is 2.91. The van der Waals surface area contributed by atoms with E-state index in [1.165, 1.54) is 10.8 Å². The average Bonchev–Trinajstić information content (AvgIpc) is 2.06. The Morgan fingerprint density at radius 2 is 1.91 bits per heavy atom. The first-order valence-corrected chi connectivity index (χ1v) is 4.55. The summed E-state index contributed by atoms with van der Waals surface area (Å²) in [7, 11) is 0. The number of rotatable bonds is 0. The Kier molecular flexibility index (Phi) is 1.72. The van der Waals surface area contributed by atoms with Gasteiger partial charge < -0.3 is 0 Å². The Labute approximate surface area is 75.6 Å². The van der Waals surface area contributed by atoms with Crippen molar-refractivity contribution in [2.24, 2.45) is 0 Å². The first-order chi connectivity index (χ1) is 5.38. The topological polar surface area (TPSA) is 12.9 Å². The van der Waals surface area contributed by atoms with Crippen molar-refractivity contribution in [1.82, 2.24) is 4.98 Å². The fraction of sp³-hybridized carbons (Fsp3) is 0. The third-order valence-corrected chi connectivity index (χ3v) is 2.56. The van der Waals surface area contributed by atoms with Crippen LogP contribution in [0.25, 0.3) is 10.8 Å². The molecule has 0 saturated heterocycles. The van der Waals surface area contributed by atoms with E-state index in [-0.39, 0.29) is 0 Å². The molecular formula is C9H6IrN. The van der Waals surface area contributed by atoms with Crippen molar-refractivity contribution >= 4 is 15.0 Å². The summed E-state index contributed by atoms with van der Waals surface area (Å²) in [6.07, 6.45) is 1.84. The van der Waals surface area contributed by atoms with Crippen molar-refractivity contribution < 1.29 is 18.9 Å². The van der Waals surface area contributed by atoms with E-state index >= 15 is 0 Å². The van der Waals surface area contributed by atoms with Gasteiger partial charge in [0.25, 0.3) is 0 Å². The second kappa shape index (κ2) is 2.72. The number of nitrogens with zero attached hydrogens (tertiary/aromatic N) is 1. The van der Waals surface area contributed by atoms with Crippen molar-refractivity contribution in [3.05, 3.63) is 36.5 Å². The number of aromatic nitrogens is 1. The number of pyridine rings is 1. The summed E-state index contributed by atoms with van der Waals surface area (Å²) in [6.45, 7) is 0. The molecule has 2 rings (SSSR count). The molecule has 0 aliphatic heterocycles. The predicted molar refractivity (Wildman–Crippen MR) is 41.4 cm³/mol. The zero-order valence-corrected chi connectivity index (χ0v) is 8.14. The molecule has 0 aliphatic carbocycles. The van der Waals surface area contributed by atoms with Crippen molar-refractivity contribution in [1.29, 1.82) is 0 Å². The fourth-order valence-corrected chi connectivity index (χ4v) is 1.79.